The van der Waals surface area contributed by atoms with E-state index in [1.165, 1.54) is 14.2 Å². The van der Waals surface area contributed by atoms with Crippen LogP contribution in [0.5, 0.6) is 11.5 Å². The van der Waals surface area contributed by atoms with Crippen molar-refractivity contribution in [3.63, 3.8) is 0 Å². The highest BCUT2D eigenvalue weighted by Gasteiger charge is 2.26. The number of esters is 1. The average Bonchev–Trinajstić information content (AvgIpc) is 2.37. The summed E-state index contributed by atoms with van der Waals surface area (Å²) in [4.78, 5) is 11.6. The van der Waals surface area contributed by atoms with Gasteiger partial charge in [0.05, 0.1) is 20.8 Å². The van der Waals surface area contributed by atoms with Crippen molar-refractivity contribution in [1.82, 2.24) is 0 Å². The van der Waals surface area contributed by atoms with Crippen LogP contribution in [0, 0.1) is 6.92 Å². The van der Waals surface area contributed by atoms with Crippen LogP contribution in [0.2, 0.25) is 0 Å². The Kier molecular flexibility index (Phi) is 4.97. The van der Waals surface area contributed by atoms with Gasteiger partial charge in [-0.25, -0.2) is 4.79 Å². The number of methoxy groups -OCH3 is 2. The molecule has 0 aliphatic carbocycles. The molecule has 0 radical (unpaired) electrons. The van der Waals surface area contributed by atoms with Crippen LogP contribution in [0.4, 0.5) is 0 Å². The van der Waals surface area contributed by atoms with E-state index in [1.807, 2.05) is 0 Å². The predicted octanol–water partition coefficient (Wildman–Crippen LogP) is 1.61. The van der Waals surface area contributed by atoms with Gasteiger partial charge in [0.15, 0.2) is 6.10 Å². The fourth-order valence-corrected chi connectivity index (χ4v) is 1.76. The third-order valence-electron chi connectivity index (χ3n) is 2.65. The van der Waals surface area contributed by atoms with Gasteiger partial charge in [-0.15, -0.1) is 0 Å². The van der Waals surface area contributed by atoms with Gasteiger partial charge in [-0.1, -0.05) is 0 Å². The molecule has 1 N–H and O–H groups in total. The van der Waals surface area contributed by atoms with Crippen LogP contribution in [-0.2, 0) is 9.53 Å². The molecular weight excluding hydrogens is 236 g/mol. The lowest BCUT2D eigenvalue weighted by atomic mass is 10.0. The molecule has 1 unspecified atom stereocenters. The number of carbonyl (C=O) groups is 1. The van der Waals surface area contributed by atoms with Crippen molar-refractivity contribution in [2.24, 2.45) is 0 Å². The van der Waals surface area contributed by atoms with Crippen molar-refractivity contribution in [3.8, 4) is 11.5 Å². The number of hydrogen-bond acceptors (Lipinski definition) is 5. The molecule has 18 heavy (non-hydrogen) atoms. The lowest BCUT2D eigenvalue weighted by Gasteiger charge is -2.18. The Morgan fingerprint density at radius 2 is 1.83 bits per heavy atom. The van der Waals surface area contributed by atoms with E-state index in [0.29, 0.717) is 22.6 Å². The fraction of sp³-hybridized carbons (Fsp3) is 0.462. The van der Waals surface area contributed by atoms with Gasteiger partial charge >= 0.3 is 5.97 Å². The van der Waals surface area contributed by atoms with Gasteiger partial charge in [0.25, 0.3) is 0 Å². The van der Waals surface area contributed by atoms with E-state index < -0.39 is 12.1 Å². The Bertz CT molecular complexity index is 428. The summed E-state index contributed by atoms with van der Waals surface area (Å²) in [6, 6.07) is 3.36. The van der Waals surface area contributed by atoms with Gasteiger partial charge in [0, 0.05) is 11.1 Å². The molecule has 0 aliphatic rings. The second-order valence-electron chi connectivity index (χ2n) is 3.66. The van der Waals surface area contributed by atoms with Crippen molar-refractivity contribution < 1.29 is 24.1 Å². The van der Waals surface area contributed by atoms with Crippen molar-refractivity contribution in [1.29, 1.82) is 0 Å². The molecule has 1 atom stereocenters. The number of rotatable bonds is 5. The summed E-state index contributed by atoms with van der Waals surface area (Å²) in [6.07, 6.45) is -1.38. The molecule has 100 valence electrons. The van der Waals surface area contributed by atoms with Crippen molar-refractivity contribution in [2.45, 2.75) is 20.0 Å². The molecule has 0 spiro atoms. The van der Waals surface area contributed by atoms with Crippen LogP contribution in [0.25, 0.3) is 0 Å². The van der Waals surface area contributed by atoms with Gasteiger partial charge < -0.3 is 19.3 Å². The van der Waals surface area contributed by atoms with Gasteiger partial charge in [-0.2, -0.15) is 0 Å². The number of carbonyl (C=O) groups excluding carboxylic acids is 1. The standard InChI is InChI=1S/C13H18O5/c1-5-18-13(15)12(14)11-8(2)9(16-3)6-7-10(11)17-4/h6-7,12,14H,5H2,1-4H3. The number of aliphatic hydroxyl groups is 1. The molecule has 0 aromatic heterocycles. The highest BCUT2D eigenvalue weighted by Crippen LogP contribution is 2.34. The van der Waals surface area contributed by atoms with Crippen molar-refractivity contribution in [3.05, 3.63) is 23.3 Å². The average molecular weight is 254 g/mol. The van der Waals surface area contributed by atoms with E-state index in [2.05, 4.69) is 0 Å². The molecule has 0 saturated heterocycles. The maximum absolute atomic E-state index is 11.6. The number of hydrogen-bond donors (Lipinski definition) is 1. The van der Waals surface area contributed by atoms with Crippen LogP contribution in [0.1, 0.15) is 24.2 Å². The van der Waals surface area contributed by atoms with Gasteiger partial charge in [-0.05, 0) is 26.0 Å². The van der Waals surface area contributed by atoms with Gasteiger partial charge in [0.2, 0.25) is 0 Å². The summed E-state index contributed by atoms with van der Waals surface area (Å²) in [5.74, 6) is 0.301. The van der Waals surface area contributed by atoms with E-state index in [-0.39, 0.29) is 6.61 Å². The maximum Gasteiger partial charge on any atom is 0.339 e. The van der Waals surface area contributed by atoms with Crippen LogP contribution in [0.15, 0.2) is 12.1 Å². The third-order valence-corrected chi connectivity index (χ3v) is 2.65. The van der Waals surface area contributed by atoms with E-state index in [1.54, 1.807) is 26.0 Å². The minimum absolute atomic E-state index is 0.210. The van der Waals surface area contributed by atoms with Gasteiger partial charge in [0.1, 0.15) is 11.5 Å². The molecule has 0 heterocycles. The first kappa shape index (κ1) is 14.3. The minimum Gasteiger partial charge on any atom is -0.496 e. The van der Waals surface area contributed by atoms with Crippen LogP contribution in [0.3, 0.4) is 0 Å². The quantitative estimate of drug-likeness (QED) is 0.809. The Morgan fingerprint density at radius 1 is 1.28 bits per heavy atom. The molecule has 5 heteroatoms. The zero-order valence-electron chi connectivity index (χ0n) is 11.0. The molecule has 1 aromatic carbocycles. The summed E-state index contributed by atoms with van der Waals surface area (Å²) >= 11 is 0. The molecule has 1 rings (SSSR count). The number of ether oxygens (including phenoxy) is 3. The smallest absolute Gasteiger partial charge is 0.339 e. The zero-order chi connectivity index (χ0) is 13.7. The third kappa shape index (κ3) is 2.73. The number of aliphatic hydroxyl groups excluding tert-OH is 1. The SMILES string of the molecule is CCOC(=O)C(O)c1c(OC)ccc(OC)c1C. The van der Waals surface area contributed by atoms with Crippen LogP contribution in [-0.4, -0.2) is 31.9 Å². The largest absolute Gasteiger partial charge is 0.496 e. The lowest BCUT2D eigenvalue weighted by molar-refractivity contribution is -0.153. The normalized spacial score (nSPS) is 11.8. The molecule has 5 nitrogen and oxygen atoms in total. The second kappa shape index (κ2) is 6.26. The van der Waals surface area contributed by atoms with E-state index >= 15 is 0 Å². The first-order valence-electron chi connectivity index (χ1n) is 5.63. The Labute approximate surface area is 106 Å². The van der Waals surface area contributed by atoms with E-state index in [0.717, 1.165) is 0 Å². The first-order chi connectivity index (χ1) is 8.56. The topological polar surface area (TPSA) is 65.0 Å². The summed E-state index contributed by atoms with van der Waals surface area (Å²) < 4.78 is 15.1. The maximum atomic E-state index is 11.6. The van der Waals surface area contributed by atoms with E-state index in [4.69, 9.17) is 14.2 Å². The monoisotopic (exact) mass is 254 g/mol. The summed E-state index contributed by atoms with van der Waals surface area (Å²) in [5, 5.41) is 10.0. The fourth-order valence-electron chi connectivity index (χ4n) is 1.76. The highest BCUT2D eigenvalue weighted by molar-refractivity contribution is 5.78. The zero-order valence-corrected chi connectivity index (χ0v) is 11.0. The minimum atomic E-state index is -1.38. The van der Waals surface area contributed by atoms with Crippen LogP contribution >= 0.6 is 0 Å². The summed E-state index contributed by atoms with van der Waals surface area (Å²) in [7, 11) is 3.00. The molecule has 0 aliphatic heterocycles. The molecule has 0 saturated carbocycles. The molecule has 1 aromatic rings. The Hall–Kier alpha value is -1.75. The second-order valence-corrected chi connectivity index (χ2v) is 3.66. The van der Waals surface area contributed by atoms with Crippen molar-refractivity contribution >= 4 is 5.97 Å². The molecule has 0 amide bonds. The Morgan fingerprint density at radius 3 is 2.33 bits per heavy atom. The summed E-state index contributed by atoms with van der Waals surface area (Å²) in [6.45, 7) is 3.64. The lowest BCUT2D eigenvalue weighted by Crippen LogP contribution is -2.17. The molecule has 0 fully saturated rings. The first-order valence-corrected chi connectivity index (χ1v) is 5.63. The van der Waals surface area contributed by atoms with Crippen molar-refractivity contribution in [2.75, 3.05) is 20.8 Å². The highest BCUT2D eigenvalue weighted by atomic mass is 16.5. The molecule has 0 bridgehead atoms. The summed E-state index contributed by atoms with van der Waals surface area (Å²) in [5.41, 5.74) is 1.02. The van der Waals surface area contributed by atoms with Gasteiger partial charge in [-0.3, -0.25) is 0 Å². The Balaban J connectivity index is 3.23. The molecular formula is C13H18O5. The predicted molar refractivity (Wildman–Crippen MR) is 65.9 cm³/mol. The van der Waals surface area contributed by atoms with Crippen LogP contribution < -0.4 is 9.47 Å². The van der Waals surface area contributed by atoms with E-state index in [9.17, 15) is 9.90 Å². The number of benzene rings is 1.